The lowest BCUT2D eigenvalue weighted by atomic mass is 10.0. The topological polar surface area (TPSA) is 67.3 Å². The fraction of sp³-hybridized carbons (Fsp3) is 0. The van der Waals surface area contributed by atoms with E-state index in [9.17, 15) is 9.59 Å². The predicted octanol–water partition coefficient (Wildman–Crippen LogP) is 2.26. The molecule has 4 heteroatoms. The summed E-state index contributed by atoms with van der Waals surface area (Å²) in [4.78, 5) is 25.6. The summed E-state index contributed by atoms with van der Waals surface area (Å²) < 4.78 is 0. The second-order valence-corrected chi connectivity index (χ2v) is 3.44. The van der Waals surface area contributed by atoms with E-state index >= 15 is 0 Å². The molecule has 0 bridgehead atoms. The Morgan fingerprint density at radius 3 is 2.53 bits per heavy atom. The molecule has 0 aliphatic rings. The van der Waals surface area contributed by atoms with Crippen molar-refractivity contribution >= 4 is 12.3 Å². The average molecular weight is 227 g/mol. The lowest BCUT2D eigenvalue weighted by molar-refractivity contribution is 0.0696. The molecule has 1 aromatic heterocycles. The Hall–Kier alpha value is -2.49. The van der Waals surface area contributed by atoms with Crippen LogP contribution in [0.4, 0.5) is 0 Å². The molecule has 17 heavy (non-hydrogen) atoms. The van der Waals surface area contributed by atoms with Gasteiger partial charge in [0.05, 0.1) is 11.3 Å². The first-order valence-electron chi connectivity index (χ1n) is 4.96. The van der Waals surface area contributed by atoms with Crippen LogP contribution in [-0.2, 0) is 0 Å². The number of carbonyl (C=O) groups is 2. The summed E-state index contributed by atoms with van der Waals surface area (Å²) in [5.74, 6) is -1.02. The van der Waals surface area contributed by atoms with Crippen molar-refractivity contribution in [3.05, 3.63) is 53.7 Å². The van der Waals surface area contributed by atoms with Gasteiger partial charge in [0.1, 0.15) is 0 Å². The van der Waals surface area contributed by atoms with Gasteiger partial charge in [0.25, 0.3) is 0 Å². The minimum atomic E-state index is -1.02. The van der Waals surface area contributed by atoms with Crippen LogP contribution in [-0.4, -0.2) is 22.3 Å². The first-order valence-corrected chi connectivity index (χ1v) is 4.96. The fourth-order valence-electron chi connectivity index (χ4n) is 1.51. The lowest BCUT2D eigenvalue weighted by Gasteiger charge is -2.03. The molecular weight excluding hydrogens is 218 g/mol. The molecule has 2 aromatic rings. The van der Waals surface area contributed by atoms with Crippen LogP contribution in [0.15, 0.2) is 42.6 Å². The Labute approximate surface area is 97.6 Å². The number of carboxylic acid groups (broad SMARTS) is 1. The maximum Gasteiger partial charge on any atom is 0.337 e. The molecule has 0 atom stereocenters. The van der Waals surface area contributed by atoms with E-state index in [0.29, 0.717) is 16.8 Å². The third kappa shape index (κ3) is 2.20. The van der Waals surface area contributed by atoms with Crippen LogP contribution in [0, 0.1) is 0 Å². The highest BCUT2D eigenvalue weighted by Crippen LogP contribution is 2.20. The van der Waals surface area contributed by atoms with E-state index in [2.05, 4.69) is 4.98 Å². The molecule has 0 unspecified atom stereocenters. The van der Waals surface area contributed by atoms with Crippen LogP contribution in [0.25, 0.3) is 11.3 Å². The molecule has 0 aliphatic carbocycles. The zero-order chi connectivity index (χ0) is 12.3. The summed E-state index contributed by atoms with van der Waals surface area (Å²) in [7, 11) is 0. The van der Waals surface area contributed by atoms with Gasteiger partial charge in [-0.1, -0.05) is 24.3 Å². The van der Waals surface area contributed by atoms with Gasteiger partial charge in [0.15, 0.2) is 6.29 Å². The number of hydrogen-bond donors (Lipinski definition) is 1. The van der Waals surface area contributed by atoms with Gasteiger partial charge in [-0.25, -0.2) is 4.79 Å². The fourth-order valence-corrected chi connectivity index (χ4v) is 1.51. The summed E-state index contributed by atoms with van der Waals surface area (Å²) in [6.07, 6.45) is 2.03. The molecule has 1 heterocycles. The summed E-state index contributed by atoms with van der Waals surface area (Å²) >= 11 is 0. The van der Waals surface area contributed by atoms with Gasteiger partial charge in [-0.2, -0.15) is 0 Å². The Morgan fingerprint density at radius 2 is 1.94 bits per heavy atom. The zero-order valence-corrected chi connectivity index (χ0v) is 8.83. The smallest absolute Gasteiger partial charge is 0.337 e. The molecule has 0 saturated carbocycles. The molecule has 0 fully saturated rings. The second-order valence-electron chi connectivity index (χ2n) is 3.44. The SMILES string of the molecule is O=Cc1ccccc1-c1ccc(C(=O)O)cn1. The van der Waals surface area contributed by atoms with Crippen molar-refractivity contribution in [3.63, 3.8) is 0 Å². The van der Waals surface area contributed by atoms with Gasteiger partial charge in [-0.15, -0.1) is 0 Å². The number of aromatic carboxylic acids is 1. The van der Waals surface area contributed by atoms with Crippen LogP contribution in [0.2, 0.25) is 0 Å². The van der Waals surface area contributed by atoms with Gasteiger partial charge in [0, 0.05) is 17.3 Å². The number of carboxylic acids is 1. The Balaban J connectivity index is 2.46. The summed E-state index contributed by atoms with van der Waals surface area (Å²) in [6, 6.07) is 10.1. The van der Waals surface area contributed by atoms with Gasteiger partial charge in [-0.3, -0.25) is 9.78 Å². The zero-order valence-electron chi connectivity index (χ0n) is 8.83. The molecule has 4 nitrogen and oxygen atoms in total. The largest absolute Gasteiger partial charge is 0.478 e. The molecule has 1 N–H and O–H groups in total. The van der Waals surface area contributed by atoms with E-state index in [1.807, 2.05) is 0 Å². The standard InChI is InChI=1S/C13H9NO3/c15-8-10-3-1-2-4-11(10)12-6-5-9(7-14-12)13(16)17/h1-8H,(H,16,17). The molecule has 0 saturated heterocycles. The highest BCUT2D eigenvalue weighted by Gasteiger charge is 2.07. The normalized spacial score (nSPS) is 9.88. The van der Waals surface area contributed by atoms with E-state index in [-0.39, 0.29) is 5.56 Å². The van der Waals surface area contributed by atoms with Gasteiger partial charge >= 0.3 is 5.97 Å². The first kappa shape index (κ1) is 11.0. The van der Waals surface area contributed by atoms with Gasteiger partial charge < -0.3 is 5.11 Å². The Bertz CT molecular complexity index is 561. The van der Waals surface area contributed by atoms with Crippen molar-refractivity contribution in [2.45, 2.75) is 0 Å². The van der Waals surface area contributed by atoms with E-state index in [0.717, 1.165) is 6.29 Å². The number of carbonyl (C=O) groups excluding carboxylic acids is 1. The maximum absolute atomic E-state index is 10.9. The van der Waals surface area contributed by atoms with Crippen LogP contribution in [0.3, 0.4) is 0 Å². The summed E-state index contributed by atoms with van der Waals surface area (Å²) in [6.45, 7) is 0. The second kappa shape index (κ2) is 4.57. The Morgan fingerprint density at radius 1 is 1.18 bits per heavy atom. The van der Waals surface area contributed by atoms with Crippen molar-refractivity contribution in [2.24, 2.45) is 0 Å². The van der Waals surface area contributed by atoms with Crippen LogP contribution < -0.4 is 0 Å². The van der Waals surface area contributed by atoms with Crippen LogP contribution >= 0.6 is 0 Å². The number of rotatable bonds is 3. The predicted molar refractivity (Wildman–Crippen MR) is 62.0 cm³/mol. The number of aromatic nitrogens is 1. The number of hydrogen-bond acceptors (Lipinski definition) is 3. The average Bonchev–Trinajstić information content (AvgIpc) is 2.39. The molecule has 1 aromatic carbocycles. The summed E-state index contributed by atoms with van der Waals surface area (Å²) in [5, 5.41) is 8.75. The number of pyridine rings is 1. The third-order valence-electron chi connectivity index (χ3n) is 2.37. The third-order valence-corrected chi connectivity index (χ3v) is 2.37. The van der Waals surface area contributed by atoms with Crippen molar-refractivity contribution in [1.29, 1.82) is 0 Å². The summed E-state index contributed by atoms with van der Waals surface area (Å²) in [5.41, 5.74) is 1.93. The monoisotopic (exact) mass is 227 g/mol. The number of benzene rings is 1. The van der Waals surface area contributed by atoms with E-state index in [1.165, 1.54) is 12.3 Å². The van der Waals surface area contributed by atoms with Gasteiger partial charge in [0.2, 0.25) is 0 Å². The van der Waals surface area contributed by atoms with E-state index in [4.69, 9.17) is 5.11 Å². The van der Waals surface area contributed by atoms with Crippen molar-refractivity contribution in [2.75, 3.05) is 0 Å². The van der Waals surface area contributed by atoms with Crippen molar-refractivity contribution < 1.29 is 14.7 Å². The van der Waals surface area contributed by atoms with E-state index < -0.39 is 5.97 Å². The minimum absolute atomic E-state index is 0.123. The van der Waals surface area contributed by atoms with E-state index in [1.54, 1.807) is 30.3 Å². The molecule has 0 amide bonds. The Kier molecular flexibility index (Phi) is 2.96. The molecule has 0 spiro atoms. The quantitative estimate of drug-likeness (QED) is 0.816. The molecule has 84 valence electrons. The van der Waals surface area contributed by atoms with Gasteiger partial charge in [-0.05, 0) is 12.1 Å². The van der Waals surface area contributed by atoms with Crippen molar-refractivity contribution in [3.8, 4) is 11.3 Å². The molecule has 0 aliphatic heterocycles. The van der Waals surface area contributed by atoms with Crippen LogP contribution in [0.5, 0.6) is 0 Å². The van der Waals surface area contributed by atoms with Crippen molar-refractivity contribution in [1.82, 2.24) is 4.98 Å². The molecule has 2 rings (SSSR count). The number of nitrogens with zero attached hydrogens (tertiary/aromatic N) is 1. The highest BCUT2D eigenvalue weighted by atomic mass is 16.4. The first-order chi connectivity index (χ1) is 8.22. The molecular formula is C13H9NO3. The lowest BCUT2D eigenvalue weighted by Crippen LogP contribution is -1.97. The molecule has 0 radical (unpaired) electrons. The maximum atomic E-state index is 10.9. The number of aldehydes is 1. The minimum Gasteiger partial charge on any atom is -0.478 e. The van der Waals surface area contributed by atoms with Crippen LogP contribution in [0.1, 0.15) is 20.7 Å². The highest BCUT2D eigenvalue weighted by molar-refractivity contribution is 5.89.